The Kier molecular flexibility index (Phi) is 2.78. The highest BCUT2D eigenvalue weighted by Gasteiger charge is 2.14. The monoisotopic (exact) mass is 233 g/mol. The van der Waals surface area contributed by atoms with Crippen molar-refractivity contribution < 1.29 is 14.4 Å². The van der Waals surface area contributed by atoms with Gasteiger partial charge in [0.15, 0.2) is 5.82 Å². The first kappa shape index (κ1) is 11.1. The van der Waals surface area contributed by atoms with Crippen LogP contribution in [0.1, 0.15) is 21.7 Å². The lowest BCUT2D eigenvalue weighted by atomic mass is 10.1. The number of amides is 1. The first-order valence-electron chi connectivity index (χ1n) is 4.97. The number of phenolic OH excluding ortho intramolecular Hbond substituents is 1. The van der Waals surface area contributed by atoms with E-state index in [9.17, 15) is 9.90 Å². The first-order valence-corrected chi connectivity index (χ1v) is 4.97. The van der Waals surface area contributed by atoms with E-state index < -0.39 is 5.91 Å². The number of anilines is 1. The van der Waals surface area contributed by atoms with Crippen molar-refractivity contribution in [1.29, 1.82) is 0 Å². The van der Waals surface area contributed by atoms with Gasteiger partial charge >= 0.3 is 6.01 Å². The fraction of sp³-hybridized carbons (Fsp3) is 0.182. The van der Waals surface area contributed by atoms with Crippen molar-refractivity contribution in [3.8, 4) is 5.75 Å². The van der Waals surface area contributed by atoms with E-state index in [-0.39, 0.29) is 17.3 Å². The van der Waals surface area contributed by atoms with E-state index in [1.165, 1.54) is 6.07 Å². The van der Waals surface area contributed by atoms with Crippen LogP contribution in [0.3, 0.4) is 0 Å². The molecule has 1 heterocycles. The second-order valence-electron chi connectivity index (χ2n) is 3.62. The summed E-state index contributed by atoms with van der Waals surface area (Å²) in [6.07, 6.45) is 0. The van der Waals surface area contributed by atoms with Crippen LogP contribution in [-0.4, -0.2) is 21.2 Å². The summed E-state index contributed by atoms with van der Waals surface area (Å²) in [5, 5.41) is 15.5. The van der Waals surface area contributed by atoms with Crippen LogP contribution in [0.2, 0.25) is 0 Å². The molecule has 0 spiro atoms. The molecule has 0 aliphatic carbocycles. The highest BCUT2D eigenvalue weighted by molar-refractivity contribution is 6.05. The molecule has 88 valence electrons. The molecule has 1 aromatic carbocycles. The van der Waals surface area contributed by atoms with Crippen molar-refractivity contribution in [2.24, 2.45) is 0 Å². The minimum Gasteiger partial charge on any atom is -0.507 e. The number of aromatic nitrogens is 2. The molecule has 0 fully saturated rings. The van der Waals surface area contributed by atoms with Crippen LogP contribution < -0.4 is 5.32 Å². The summed E-state index contributed by atoms with van der Waals surface area (Å²) in [5.41, 5.74) is 1.04. The Morgan fingerprint density at radius 2 is 2.18 bits per heavy atom. The van der Waals surface area contributed by atoms with Crippen LogP contribution in [0.25, 0.3) is 0 Å². The molecule has 0 radical (unpaired) electrons. The lowest BCUT2D eigenvalue weighted by Crippen LogP contribution is -2.12. The van der Waals surface area contributed by atoms with Gasteiger partial charge in [0.05, 0.1) is 5.56 Å². The van der Waals surface area contributed by atoms with Crippen molar-refractivity contribution in [3.63, 3.8) is 0 Å². The van der Waals surface area contributed by atoms with Gasteiger partial charge in [0.25, 0.3) is 5.91 Å². The summed E-state index contributed by atoms with van der Waals surface area (Å²) in [7, 11) is 0. The van der Waals surface area contributed by atoms with Crippen LogP contribution in [0.4, 0.5) is 6.01 Å². The Labute approximate surface area is 97.3 Å². The third-order valence-electron chi connectivity index (χ3n) is 2.14. The van der Waals surface area contributed by atoms with E-state index in [0.29, 0.717) is 5.82 Å². The molecule has 0 saturated heterocycles. The number of benzene rings is 1. The quantitative estimate of drug-likeness (QED) is 0.823. The second-order valence-corrected chi connectivity index (χ2v) is 3.62. The van der Waals surface area contributed by atoms with E-state index in [4.69, 9.17) is 4.52 Å². The molecule has 0 atom stereocenters. The van der Waals surface area contributed by atoms with Crippen LogP contribution in [0.5, 0.6) is 5.75 Å². The largest absolute Gasteiger partial charge is 0.507 e. The molecule has 0 unspecified atom stereocenters. The van der Waals surface area contributed by atoms with Gasteiger partial charge in [-0.3, -0.25) is 10.1 Å². The van der Waals surface area contributed by atoms with Crippen molar-refractivity contribution in [3.05, 3.63) is 35.2 Å². The molecule has 0 aliphatic rings. The van der Waals surface area contributed by atoms with E-state index in [0.717, 1.165) is 5.56 Å². The van der Waals surface area contributed by atoms with Crippen molar-refractivity contribution in [2.75, 3.05) is 5.32 Å². The minimum absolute atomic E-state index is 0.00778. The van der Waals surface area contributed by atoms with Crippen molar-refractivity contribution in [1.82, 2.24) is 10.1 Å². The van der Waals surface area contributed by atoms with Crippen LogP contribution in [-0.2, 0) is 0 Å². The number of phenols is 1. The first-order chi connectivity index (χ1) is 8.06. The Hall–Kier alpha value is -2.37. The number of nitrogens with zero attached hydrogens (tertiary/aromatic N) is 2. The molecule has 2 aromatic rings. The number of aromatic hydroxyl groups is 1. The predicted molar refractivity (Wildman–Crippen MR) is 59.8 cm³/mol. The molecule has 2 rings (SSSR count). The van der Waals surface area contributed by atoms with Gasteiger partial charge in [-0.05, 0) is 26.0 Å². The lowest BCUT2D eigenvalue weighted by Gasteiger charge is -2.04. The Bertz CT molecular complexity index is 563. The molecular formula is C11H11N3O3. The molecule has 17 heavy (non-hydrogen) atoms. The Morgan fingerprint density at radius 1 is 1.41 bits per heavy atom. The van der Waals surface area contributed by atoms with Gasteiger partial charge in [-0.25, -0.2) is 0 Å². The standard InChI is InChI=1S/C11H11N3O3/c1-6-3-4-9(15)8(5-6)10(16)13-11-12-7(2)14-17-11/h3-5,15H,1-2H3,(H,12,13,14,16). The second kappa shape index (κ2) is 4.25. The van der Waals surface area contributed by atoms with Crippen LogP contribution in [0, 0.1) is 13.8 Å². The maximum absolute atomic E-state index is 11.8. The fourth-order valence-corrected chi connectivity index (χ4v) is 1.34. The lowest BCUT2D eigenvalue weighted by molar-refractivity contribution is 0.102. The summed E-state index contributed by atoms with van der Waals surface area (Å²) in [5.74, 6) is -0.159. The normalized spacial score (nSPS) is 10.2. The molecule has 0 saturated carbocycles. The number of carbonyl (C=O) groups is 1. The Morgan fingerprint density at radius 3 is 2.82 bits per heavy atom. The molecule has 1 amide bonds. The molecular weight excluding hydrogens is 222 g/mol. The number of hydrogen-bond acceptors (Lipinski definition) is 5. The van der Waals surface area contributed by atoms with E-state index in [1.807, 2.05) is 6.92 Å². The zero-order chi connectivity index (χ0) is 12.4. The maximum atomic E-state index is 11.8. The van der Waals surface area contributed by atoms with Crippen LogP contribution in [0.15, 0.2) is 22.7 Å². The van der Waals surface area contributed by atoms with Gasteiger partial charge in [-0.15, -0.1) is 0 Å². The SMILES string of the molecule is Cc1ccc(O)c(C(=O)Nc2nc(C)no2)c1. The number of hydrogen-bond donors (Lipinski definition) is 2. The summed E-state index contributed by atoms with van der Waals surface area (Å²) >= 11 is 0. The summed E-state index contributed by atoms with van der Waals surface area (Å²) in [6, 6.07) is 4.76. The average molecular weight is 233 g/mol. The summed E-state index contributed by atoms with van der Waals surface area (Å²) in [6.45, 7) is 3.47. The Balaban J connectivity index is 2.22. The smallest absolute Gasteiger partial charge is 0.328 e. The molecule has 0 aliphatic heterocycles. The van der Waals surface area contributed by atoms with E-state index in [1.54, 1.807) is 19.1 Å². The molecule has 2 N–H and O–H groups in total. The maximum Gasteiger partial charge on any atom is 0.328 e. The summed E-state index contributed by atoms with van der Waals surface area (Å²) < 4.78 is 4.75. The fourth-order valence-electron chi connectivity index (χ4n) is 1.34. The average Bonchev–Trinajstić information content (AvgIpc) is 2.67. The zero-order valence-corrected chi connectivity index (χ0v) is 9.39. The molecule has 6 nitrogen and oxygen atoms in total. The van der Waals surface area contributed by atoms with Crippen molar-refractivity contribution >= 4 is 11.9 Å². The molecule has 6 heteroatoms. The number of nitrogens with one attached hydrogen (secondary N) is 1. The van der Waals surface area contributed by atoms with Gasteiger partial charge in [-0.1, -0.05) is 16.8 Å². The predicted octanol–water partition coefficient (Wildman–Crippen LogP) is 1.64. The van der Waals surface area contributed by atoms with Gasteiger partial charge in [0.1, 0.15) is 5.75 Å². The highest BCUT2D eigenvalue weighted by Crippen LogP contribution is 2.19. The zero-order valence-electron chi connectivity index (χ0n) is 9.39. The van der Waals surface area contributed by atoms with Gasteiger partial charge in [0, 0.05) is 0 Å². The molecule has 1 aromatic heterocycles. The van der Waals surface area contributed by atoms with Gasteiger partial charge in [-0.2, -0.15) is 4.98 Å². The highest BCUT2D eigenvalue weighted by atomic mass is 16.5. The van der Waals surface area contributed by atoms with E-state index >= 15 is 0 Å². The number of carbonyl (C=O) groups excluding carboxylic acids is 1. The van der Waals surface area contributed by atoms with Crippen molar-refractivity contribution in [2.45, 2.75) is 13.8 Å². The molecule has 0 bridgehead atoms. The third-order valence-corrected chi connectivity index (χ3v) is 2.14. The minimum atomic E-state index is -0.491. The third kappa shape index (κ3) is 2.41. The summed E-state index contributed by atoms with van der Waals surface area (Å²) in [4.78, 5) is 15.6. The van der Waals surface area contributed by atoms with Gasteiger partial charge in [0.2, 0.25) is 0 Å². The van der Waals surface area contributed by atoms with Gasteiger partial charge < -0.3 is 9.63 Å². The number of aryl methyl sites for hydroxylation is 2. The van der Waals surface area contributed by atoms with E-state index in [2.05, 4.69) is 15.5 Å². The topological polar surface area (TPSA) is 88.2 Å². The number of rotatable bonds is 2. The van der Waals surface area contributed by atoms with Crippen LogP contribution >= 0.6 is 0 Å².